The molecule has 1 N–H and O–H groups in total. The lowest BCUT2D eigenvalue weighted by Gasteiger charge is -2.39. The van der Waals surface area contributed by atoms with Gasteiger partial charge in [-0.3, -0.25) is 9.69 Å². The summed E-state index contributed by atoms with van der Waals surface area (Å²) in [7, 11) is 1.69. The first-order valence-electron chi connectivity index (χ1n) is 9.50. The molecule has 1 unspecified atom stereocenters. The van der Waals surface area contributed by atoms with Crippen LogP contribution in [0.4, 0.5) is 4.39 Å². The number of hydrogen-bond acceptors (Lipinski definition) is 3. The van der Waals surface area contributed by atoms with Crippen molar-refractivity contribution in [1.29, 1.82) is 0 Å². The molecular formula is C22H26ClFN2O2. The van der Waals surface area contributed by atoms with E-state index in [4.69, 9.17) is 16.3 Å². The van der Waals surface area contributed by atoms with E-state index in [1.165, 1.54) is 6.07 Å². The summed E-state index contributed by atoms with van der Waals surface area (Å²) < 4.78 is 19.7. The second-order valence-corrected chi connectivity index (χ2v) is 8.00. The minimum absolute atomic E-state index is 0.0768. The molecule has 4 nitrogen and oxygen atoms in total. The number of hydrogen-bond donors (Lipinski definition) is 1. The van der Waals surface area contributed by atoms with Crippen molar-refractivity contribution < 1.29 is 13.9 Å². The van der Waals surface area contributed by atoms with Crippen LogP contribution >= 0.6 is 11.6 Å². The lowest BCUT2D eigenvalue weighted by molar-refractivity contribution is -0.132. The number of likely N-dealkylation sites (tertiary alicyclic amines) is 1. The van der Waals surface area contributed by atoms with Gasteiger partial charge in [-0.2, -0.15) is 0 Å². The Labute approximate surface area is 170 Å². The fourth-order valence-electron chi connectivity index (χ4n) is 3.78. The van der Waals surface area contributed by atoms with Gasteiger partial charge in [-0.05, 0) is 56.1 Å². The van der Waals surface area contributed by atoms with Crippen LogP contribution in [0.25, 0.3) is 0 Å². The second-order valence-electron chi connectivity index (χ2n) is 7.59. The van der Waals surface area contributed by atoms with Gasteiger partial charge in [-0.15, -0.1) is 0 Å². The van der Waals surface area contributed by atoms with Gasteiger partial charge in [0.15, 0.2) is 0 Å². The average molecular weight is 405 g/mol. The van der Waals surface area contributed by atoms with Crippen LogP contribution in [-0.4, -0.2) is 30.9 Å². The van der Waals surface area contributed by atoms with Crippen LogP contribution in [-0.2, 0) is 17.9 Å². The molecule has 0 aliphatic carbocycles. The smallest absolute Gasteiger partial charge is 0.226 e. The molecule has 28 heavy (non-hydrogen) atoms. The summed E-state index contributed by atoms with van der Waals surface area (Å²) in [6, 6.07) is 12.4. The molecule has 1 aliphatic rings. The highest BCUT2D eigenvalue weighted by Gasteiger charge is 2.37. The van der Waals surface area contributed by atoms with Crippen molar-refractivity contribution >= 4 is 17.5 Å². The van der Waals surface area contributed by atoms with E-state index in [0.717, 1.165) is 38.0 Å². The van der Waals surface area contributed by atoms with Crippen LogP contribution in [0.15, 0.2) is 42.5 Å². The van der Waals surface area contributed by atoms with Gasteiger partial charge >= 0.3 is 0 Å². The van der Waals surface area contributed by atoms with Gasteiger partial charge in [0, 0.05) is 25.7 Å². The zero-order chi connectivity index (χ0) is 20.1. The molecule has 3 rings (SSSR count). The standard InChI is InChI=1S/C22H26ClFN2O2/c1-22(21(27)25-2)10-5-11-26(15-22)13-16-6-3-7-17(12-16)28-14-18-19(23)8-4-9-20(18)24/h3-4,6-9,12H,5,10-11,13-15H2,1-2H3,(H,25,27). The Kier molecular flexibility index (Phi) is 6.57. The Morgan fingerprint density at radius 2 is 2.11 bits per heavy atom. The Morgan fingerprint density at radius 3 is 2.86 bits per heavy atom. The first-order valence-corrected chi connectivity index (χ1v) is 9.88. The Hall–Kier alpha value is -2.11. The lowest BCUT2D eigenvalue weighted by atomic mass is 9.81. The van der Waals surface area contributed by atoms with Crippen LogP contribution in [0.3, 0.4) is 0 Å². The van der Waals surface area contributed by atoms with E-state index < -0.39 is 0 Å². The van der Waals surface area contributed by atoms with Crippen molar-refractivity contribution in [2.45, 2.75) is 32.9 Å². The van der Waals surface area contributed by atoms with Crippen molar-refractivity contribution in [2.75, 3.05) is 20.1 Å². The van der Waals surface area contributed by atoms with Crippen molar-refractivity contribution in [3.05, 3.63) is 64.4 Å². The molecule has 0 spiro atoms. The molecule has 1 amide bonds. The summed E-state index contributed by atoms with van der Waals surface area (Å²) in [5.74, 6) is 0.393. The summed E-state index contributed by atoms with van der Waals surface area (Å²) in [6.45, 7) is 4.53. The molecule has 1 fully saturated rings. The second kappa shape index (κ2) is 8.93. The zero-order valence-electron chi connectivity index (χ0n) is 16.3. The van der Waals surface area contributed by atoms with Crippen LogP contribution in [0.5, 0.6) is 5.75 Å². The molecule has 0 saturated carbocycles. The maximum Gasteiger partial charge on any atom is 0.226 e. The highest BCUT2D eigenvalue weighted by molar-refractivity contribution is 6.31. The lowest BCUT2D eigenvalue weighted by Crippen LogP contribution is -2.49. The number of halogens is 2. The highest BCUT2D eigenvalue weighted by atomic mass is 35.5. The number of piperidine rings is 1. The highest BCUT2D eigenvalue weighted by Crippen LogP contribution is 2.31. The van der Waals surface area contributed by atoms with Gasteiger partial charge in [0.05, 0.1) is 10.4 Å². The summed E-state index contributed by atoms with van der Waals surface area (Å²) in [6.07, 6.45) is 1.89. The van der Waals surface area contributed by atoms with Gasteiger partial charge in [0.25, 0.3) is 0 Å². The maximum absolute atomic E-state index is 13.9. The predicted molar refractivity (Wildman–Crippen MR) is 109 cm³/mol. The van der Waals surface area contributed by atoms with Gasteiger partial charge in [-0.25, -0.2) is 4.39 Å². The third kappa shape index (κ3) is 4.83. The summed E-state index contributed by atoms with van der Waals surface area (Å²) in [5.41, 5.74) is 1.09. The van der Waals surface area contributed by atoms with Gasteiger partial charge in [0.1, 0.15) is 18.2 Å². The topological polar surface area (TPSA) is 41.6 Å². The van der Waals surface area contributed by atoms with Crippen molar-refractivity contribution in [3.63, 3.8) is 0 Å². The molecule has 150 valence electrons. The average Bonchev–Trinajstić information content (AvgIpc) is 2.67. The summed E-state index contributed by atoms with van der Waals surface area (Å²) >= 11 is 6.06. The number of rotatable bonds is 6. The van der Waals surface area contributed by atoms with Gasteiger partial charge in [-0.1, -0.05) is 29.8 Å². The third-order valence-electron chi connectivity index (χ3n) is 5.30. The minimum atomic E-state index is -0.370. The molecule has 1 aliphatic heterocycles. The van der Waals surface area contributed by atoms with Crippen molar-refractivity contribution in [1.82, 2.24) is 10.2 Å². The molecule has 1 heterocycles. The van der Waals surface area contributed by atoms with Gasteiger partial charge < -0.3 is 10.1 Å². The Morgan fingerprint density at radius 1 is 1.32 bits per heavy atom. The zero-order valence-corrected chi connectivity index (χ0v) is 17.1. The first-order chi connectivity index (χ1) is 13.4. The maximum atomic E-state index is 13.9. The van der Waals surface area contributed by atoms with Crippen LogP contribution in [0.2, 0.25) is 5.02 Å². The monoisotopic (exact) mass is 404 g/mol. The third-order valence-corrected chi connectivity index (χ3v) is 5.65. The molecule has 2 aromatic carbocycles. The first kappa shape index (κ1) is 20.6. The van der Waals surface area contributed by atoms with E-state index >= 15 is 0 Å². The normalized spacial score (nSPS) is 20.0. The quantitative estimate of drug-likeness (QED) is 0.775. The van der Waals surface area contributed by atoms with Crippen LogP contribution in [0.1, 0.15) is 30.9 Å². The number of ether oxygens (including phenoxy) is 1. The molecule has 6 heteroatoms. The Bertz CT molecular complexity index is 825. The molecule has 2 aromatic rings. The van der Waals surface area contributed by atoms with Crippen molar-refractivity contribution in [2.24, 2.45) is 5.41 Å². The molecule has 0 aromatic heterocycles. The largest absolute Gasteiger partial charge is 0.489 e. The van der Waals surface area contributed by atoms with E-state index in [1.807, 2.05) is 31.2 Å². The fourth-order valence-corrected chi connectivity index (χ4v) is 4.00. The van der Waals surface area contributed by atoms with Crippen LogP contribution < -0.4 is 10.1 Å². The number of nitrogens with one attached hydrogen (secondary N) is 1. The van der Waals surface area contributed by atoms with Crippen LogP contribution in [0, 0.1) is 11.2 Å². The molecular weight excluding hydrogens is 379 g/mol. The van der Waals surface area contributed by atoms with Crippen molar-refractivity contribution in [3.8, 4) is 5.75 Å². The molecule has 0 bridgehead atoms. The van der Waals surface area contributed by atoms with Gasteiger partial charge in [0.2, 0.25) is 5.91 Å². The van der Waals surface area contributed by atoms with E-state index in [0.29, 0.717) is 16.3 Å². The number of carbonyl (C=O) groups is 1. The molecule has 1 saturated heterocycles. The number of carbonyl (C=O) groups excluding carboxylic acids is 1. The molecule has 1 atom stereocenters. The predicted octanol–water partition coefficient (Wildman–Crippen LogP) is 4.41. The minimum Gasteiger partial charge on any atom is -0.489 e. The number of amides is 1. The summed E-state index contributed by atoms with van der Waals surface area (Å²) in [5, 5.41) is 3.14. The number of benzene rings is 2. The summed E-state index contributed by atoms with van der Waals surface area (Å²) in [4.78, 5) is 14.5. The van der Waals surface area contributed by atoms with E-state index in [9.17, 15) is 9.18 Å². The SMILES string of the molecule is CNC(=O)C1(C)CCCN(Cc2cccc(OCc3c(F)cccc3Cl)c2)C1. The Balaban J connectivity index is 1.64. The fraction of sp³-hybridized carbons (Fsp3) is 0.409. The molecule has 0 radical (unpaired) electrons. The van der Waals surface area contributed by atoms with E-state index in [1.54, 1.807) is 19.2 Å². The van der Waals surface area contributed by atoms with E-state index in [-0.39, 0.29) is 23.7 Å². The number of nitrogens with zero attached hydrogens (tertiary/aromatic N) is 1. The van der Waals surface area contributed by atoms with E-state index in [2.05, 4.69) is 10.2 Å².